The first-order chi connectivity index (χ1) is 13.0. The Hall–Kier alpha value is -2.37. The van der Waals surface area contributed by atoms with Crippen molar-refractivity contribution in [3.63, 3.8) is 0 Å². The second kappa shape index (κ2) is 7.33. The maximum absolute atomic E-state index is 13.1. The number of amides is 3. The van der Waals surface area contributed by atoms with Crippen LogP contribution in [0.3, 0.4) is 0 Å². The summed E-state index contributed by atoms with van der Waals surface area (Å²) in [4.78, 5) is 41.6. The quantitative estimate of drug-likeness (QED) is 0.861. The minimum absolute atomic E-state index is 0.0166. The van der Waals surface area contributed by atoms with Crippen LogP contribution in [0.4, 0.5) is 0 Å². The van der Waals surface area contributed by atoms with Crippen LogP contribution < -0.4 is 5.32 Å². The van der Waals surface area contributed by atoms with E-state index in [-0.39, 0.29) is 42.1 Å². The van der Waals surface area contributed by atoms with Crippen molar-refractivity contribution in [1.29, 1.82) is 0 Å². The number of carbonyl (C=O) groups is 3. The Balaban J connectivity index is 1.41. The van der Waals surface area contributed by atoms with Crippen LogP contribution in [0, 0.1) is 5.92 Å². The van der Waals surface area contributed by atoms with Crippen molar-refractivity contribution in [2.75, 3.05) is 13.1 Å². The molecular weight excluding hydrogens is 342 g/mol. The van der Waals surface area contributed by atoms with Gasteiger partial charge >= 0.3 is 0 Å². The lowest BCUT2D eigenvalue weighted by atomic mass is 10.1. The molecule has 1 aliphatic carbocycles. The maximum Gasteiger partial charge on any atom is 0.243 e. The van der Waals surface area contributed by atoms with Gasteiger partial charge in [-0.05, 0) is 38.2 Å². The highest BCUT2D eigenvalue weighted by atomic mass is 16.2. The van der Waals surface area contributed by atoms with E-state index in [1.807, 2.05) is 37.3 Å². The molecule has 0 spiro atoms. The molecule has 0 unspecified atom stereocenters. The fourth-order valence-electron chi connectivity index (χ4n) is 4.25. The predicted molar refractivity (Wildman–Crippen MR) is 101 cm³/mol. The molecule has 0 bridgehead atoms. The summed E-state index contributed by atoms with van der Waals surface area (Å²) in [5.74, 6) is -0.400. The number of nitrogens with zero attached hydrogens (tertiary/aromatic N) is 2. The highest BCUT2D eigenvalue weighted by Gasteiger charge is 2.43. The second-order valence-electron chi connectivity index (χ2n) is 8.01. The molecule has 1 saturated carbocycles. The molecule has 3 aliphatic rings. The number of carbonyl (C=O) groups excluding carboxylic acids is 3. The van der Waals surface area contributed by atoms with E-state index in [9.17, 15) is 14.4 Å². The first-order valence-electron chi connectivity index (χ1n) is 10.00. The monoisotopic (exact) mass is 369 g/mol. The summed E-state index contributed by atoms with van der Waals surface area (Å²) in [6.07, 6.45) is 3.88. The van der Waals surface area contributed by atoms with Gasteiger partial charge in [-0.2, -0.15) is 0 Å². The highest BCUT2D eigenvalue weighted by molar-refractivity contribution is 5.93. The van der Waals surface area contributed by atoms with Crippen molar-refractivity contribution in [1.82, 2.24) is 15.1 Å². The number of likely N-dealkylation sites (tertiary alicyclic amines) is 2. The Labute approximate surface area is 159 Å². The van der Waals surface area contributed by atoms with Crippen LogP contribution in [0.5, 0.6) is 0 Å². The van der Waals surface area contributed by atoms with E-state index < -0.39 is 0 Å². The lowest BCUT2D eigenvalue weighted by Gasteiger charge is -2.28. The third kappa shape index (κ3) is 3.70. The van der Waals surface area contributed by atoms with Crippen LogP contribution in [0.25, 0.3) is 0 Å². The average molecular weight is 369 g/mol. The summed E-state index contributed by atoms with van der Waals surface area (Å²) < 4.78 is 0. The molecule has 3 fully saturated rings. The first kappa shape index (κ1) is 18.0. The third-order valence-corrected chi connectivity index (χ3v) is 6.02. The third-order valence-electron chi connectivity index (χ3n) is 6.02. The normalized spacial score (nSPS) is 26.3. The van der Waals surface area contributed by atoms with Crippen molar-refractivity contribution in [3.05, 3.63) is 35.9 Å². The van der Waals surface area contributed by atoms with Crippen LogP contribution in [-0.2, 0) is 14.4 Å². The zero-order valence-electron chi connectivity index (χ0n) is 15.8. The van der Waals surface area contributed by atoms with Crippen LogP contribution in [0.1, 0.15) is 50.6 Å². The molecule has 144 valence electrons. The predicted octanol–water partition coefficient (Wildman–Crippen LogP) is 1.87. The summed E-state index contributed by atoms with van der Waals surface area (Å²) in [6.45, 7) is 3.05. The number of nitrogens with one attached hydrogen (secondary N) is 1. The highest BCUT2D eigenvalue weighted by Crippen LogP contribution is 2.31. The van der Waals surface area contributed by atoms with Gasteiger partial charge in [-0.15, -0.1) is 0 Å². The van der Waals surface area contributed by atoms with Gasteiger partial charge in [0, 0.05) is 25.6 Å². The first-order valence-corrected chi connectivity index (χ1v) is 10.00. The summed E-state index contributed by atoms with van der Waals surface area (Å²) in [5.41, 5.74) is 1.07. The molecule has 27 heavy (non-hydrogen) atoms. The zero-order chi connectivity index (χ0) is 19.0. The number of hydrogen-bond acceptors (Lipinski definition) is 3. The Morgan fingerprint density at radius 3 is 2.59 bits per heavy atom. The molecule has 1 N–H and O–H groups in total. The summed E-state index contributed by atoms with van der Waals surface area (Å²) in [5, 5.41) is 3.02. The second-order valence-corrected chi connectivity index (χ2v) is 8.01. The Bertz CT molecular complexity index is 731. The minimum Gasteiger partial charge on any atom is -0.352 e. The Morgan fingerprint density at radius 2 is 1.89 bits per heavy atom. The molecule has 0 radical (unpaired) electrons. The molecule has 1 aromatic rings. The standard InChI is InChI=1S/C21H27N3O3/c1-14(15-6-3-2-4-7-15)24-13-16(12-19(24)25)21(27)23-11-5-8-18(23)20(26)22-17-9-10-17/h2-4,6-7,14,16-18H,5,8-13H2,1H3,(H,22,26)/t14-,16-,18+/m1/s1. The topological polar surface area (TPSA) is 69.7 Å². The van der Waals surface area contributed by atoms with Crippen LogP contribution in [0.15, 0.2) is 30.3 Å². The van der Waals surface area contributed by atoms with Crippen LogP contribution in [-0.4, -0.2) is 52.7 Å². The molecule has 4 rings (SSSR count). The van der Waals surface area contributed by atoms with E-state index in [0.717, 1.165) is 31.2 Å². The van der Waals surface area contributed by atoms with Crippen molar-refractivity contribution in [2.45, 2.75) is 57.2 Å². The fraction of sp³-hybridized carbons (Fsp3) is 0.571. The number of rotatable bonds is 5. The van der Waals surface area contributed by atoms with E-state index in [4.69, 9.17) is 0 Å². The summed E-state index contributed by atoms with van der Waals surface area (Å²) >= 11 is 0. The molecule has 3 amide bonds. The average Bonchev–Trinajstić information content (AvgIpc) is 3.20. The minimum atomic E-state index is -0.367. The van der Waals surface area contributed by atoms with E-state index in [0.29, 0.717) is 19.1 Å². The van der Waals surface area contributed by atoms with Crippen molar-refractivity contribution < 1.29 is 14.4 Å². The van der Waals surface area contributed by atoms with E-state index in [1.165, 1.54) is 0 Å². The fourth-order valence-corrected chi connectivity index (χ4v) is 4.25. The largest absolute Gasteiger partial charge is 0.352 e. The van der Waals surface area contributed by atoms with Crippen LogP contribution >= 0.6 is 0 Å². The van der Waals surface area contributed by atoms with Crippen molar-refractivity contribution in [3.8, 4) is 0 Å². The van der Waals surface area contributed by atoms with Gasteiger partial charge in [-0.1, -0.05) is 30.3 Å². The molecule has 2 aliphatic heterocycles. The van der Waals surface area contributed by atoms with Gasteiger partial charge in [0.1, 0.15) is 6.04 Å². The molecule has 2 heterocycles. The molecular formula is C21H27N3O3. The molecule has 6 nitrogen and oxygen atoms in total. The van der Waals surface area contributed by atoms with Crippen LogP contribution in [0.2, 0.25) is 0 Å². The Morgan fingerprint density at radius 1 is 1.15 bits per heavy atom. The lowest BCUT2D eigenvalue weighted by Crippen LogP contribution is -2.48. The van der Waals surface area contributed by atoms with Gasteiger partial charge in [0.25, 0.3) is 0 Å². The van der Waals surface area contributed by atoms with Gasteiger partial charge in [-0.25, -0.2) is 0 Å². The summed E-state index contributed by atoms with van der Waals surface area (Å²) in [6, 6.07) is 9.76. The van der Waals surface area contributed by atoms with Gasteiger partial charge in [0.15, 0.2) is 0 Å². The molecule has 2 saturated heterocycles. The molecule has 6 heteroatoms. The van der Waals surface area contributed by atoms with E-state index in [1.54, 1.807) is 9.80 Å². The van der Waals surface area contributed by atoms with Gasteiger partial charge in [0.2, 0.25) is 17.7 Å². The number of hydrogen-bond donors (Lipinski definition) is 1. The van der Waals surface area contributed by atoms with E-state index in [2.05, 4.69) is 5.32 Å². The van der Waals surface area contributed by atoms with Crippen molar-refractivity contribution >= 4 is 17.7 Å². The zero-order valence-corrected chi connectivity index (χ0v) is 15.8. The summed E-state index contributed by atoms with van der Waals surface area (Å²) in [7, 11) is 0. The van der Waals surface area contributed by atoms with E-state index >= 15 is 0 Å². The molecule has 1 aromatic carbocycles. The van der Waals surface area contributed by atoms with Gasteiger partial charge in [-0.3, -0.25) is 14.4 Å². The lowest BCUT2D eigenvalue weighted by molar-refractivity contribution is -0.141. The SMILES string of the molecule is C[C@H](c1ccccc1)N1C[C@H](C(=O)N2CCC[C@H]2C(=O)NC2CC2)CC1=O. The Kier molecular flexibility index (Phi) is 4.89. The van der Waals surface area contributed by atoms with Crippen molar-refractivity contribution in [2.24, 2.45) is 5.92 Å². The molecule has 3 atom stereocenters. The van der Waals surface area contributed by atoms with Gasteiger partial charge < -0.3 is 15.1 Å². The molecule has 0 aromatic heterocycles. The maximum atomic E-state index is 13.1. The van der Waals surface area contributed by atoms with Gasteiger partial charge in [0.05, 0.1) is 12.0 Å². The smallest absolute Gasteiger partial charge is 0.243 e. The number of benzene rings is 1.